The van der Waals surface area contributed by atoms with Crippen LogP contribution in [0.2, 0.25) is 0 Å². The molecule has 0 spiro atoms. The Balaban J connectivity index is 2.51. The maximum absolute atomic E-state index is 8.62. The number of hydrogen-bond acceptors (Lipinski definition) is 4. The van der Waals surface area contributed by atoms with E-state index in [2.05, 4.69) is 21.7 Å². The van der Waals surface area contributed by atoms with Crippen LogP contribution < -0.4 is 4.74 Å². The molecule has 4 nitrogen and oxygen atoms in total. The van der Waals surface area contributed by atoms with Gasteiger partial charge >= 0.3 is 0 Å². The van der Waals surface area contributed by atoms with Gasteiger partial charge in [0.15, 0.2) is 0 Å². The molecule has 17 heavy (non-hydrogen) atoms. The molecule has 0 fully saturated rings. The zero-order valence-electron chi connectivity index (χ0n) is 10.3. The van der Waals surface area contributed by atoms with E-state index in [0.29, 0.717) is 13.0 Å². The van der Waals surface area contributed by atoms with Gasteiger partial charge in [-0.1, -0.05) is 11.8 Å². The van der Waals surface area contributed by atoms with Crippen molar-refractivity contribution < 1.29 is 9.84 Å². The molecule has 1 heterocycles. The maximum atomic E-state index is 8.62. The lowest BCUT2D eigenvalue weighted by molar-refractivity contribution is 0.260. The van der Waals surface area contributed by atoms with Gasteiger partial charge in [-0.25, -0.2) is 0 Å². The summed E-state index contributed by atoms with van der Waals surface area (Å²) in [7, 11) is 4.00. The predicted molar refractivity (Wildman–Crippen MR) is 66.9 cm³/mol. The minimum absolute atomic E-state index is 0.0828. The number of likely N-dealkylation sites (N-methyl/N-ethyl adjacent to an activating group) is 1. The van der Waals surface area contributed by atoms with Crippen LogP contribution in [0.4, 0.5) is 0 Å². The third kappa shape index (κ3) is 5.91. The Kier molecular flexibility index (Phi) is 6.08. The number of ether oxygens (including phenoxy) is 1. The van der Waals surface area contributed by atoms with E-state index in [1.54, 1.807) is 12.4 Å². The van der Waals surface area contributed by atoms with Crippen LogP contribution in [0.25, 0.3) is 0 Å². The van der Waals surface area contributed by atoms with Gasteiger partial charge in [0.1, 0.15) is 12.4 Å². The topological polar surface area (TPSA) is 45.6 Å². The third-order valence-electron chi connectivity index (χ3n) is 1.99. The van der Waals surface area contributed by atoms with Crippen molar-refractivity contribution in [3.8, 4) is 17.6 Å². The lowest BCUT2D eigenvalue weighted by Crippen LogP contribution is -2.19. The highest BCUT2D eigenvalue weighted by Crippen LogP contribution is 2.10. The first-order valence-electron chi connectivity index (χ1n) is 5.54. The highest BCUT2D eigenvalue weighted by molar-refractivity contribution is 5.36. The molecule has 1 aromatic rings. The van der Waals surface area contributed by atoms with Gasteiger partial charge in [-0.3, -0.25) is 4.98 Å². The summed E-state index contributed by atoms with van der Waals surface area (Å²) in [6.45, 7) is 1.57. The molecule has 1 rings (SSSR count). The van der Waals surface area contributed by atoms with E-state index in [9.17, 15) is 0 Å². The fourth-order valence-corrected chi connectivity index (χ4v) is 1.13. The van der Waals surface area contributed by atoms with Gasteiger partial charge in [0.2, 0.25) is 0 Å². The van der Waals surface area contributed by atoms with Crippen LogP contribution >= 0.6 is 0 Å². The van der Waals surface area contributed by atoms with Crippen molar-refractivity contribution in [3.05, 3.63) is 24.0 Å². The van der Waals surface area contributed by atoms with Crippen LogP contribution in [0.5, 0.6) is 5.75 Å². The Morgan fingerprint density at radius 1 is 1.41 bits per heavy atom. The van der Waals surface area contributed by atoms with Crippen LogP contribution in [-0.4, -0.2) is 48.8 Å². The molecule has 0 aliphatic rings. The lowest BCUT2D eigenvalue weighted by Gasteiger charge is -2.10. The summed E-state index contributed by atoms with van der Waals surface area (Å²) >= 11 is 0. The number of aliphatic hydroxyl groups excluding tert-OH is 1. The smallest absolute Gasteiger partial charge is 0.138 e. The van der Waals surface area contributed by atoms with Gasteiger partial charge < -0.3 is 14.7 Å². The molecule has 4 heteroatoms. The Bertz CT molecular complexity index is 394. The molecule has 0 aromatic carbocycles. The Morgan fingerprint density at radius 2 is 2.24 bits per heavy atom. The average Bonchev–Trinajstić information content (AvgIpc) is 2.29. The Labute approximate surface area is 102 Å². The molecular formula is C13H18N2O2. The minimum Gasteiger partial charge on any atom is -0.491 e. The molecule has 0 bridgehead atoms. The summed E-state index contributed by atoms with van der Waals surface area (Å²) in [6, 6.07) is 1.85. The number of hydrogen-bond donors (Lipinski definition) is 1. The summed E-state index contributed by atoms with van der Waals surface area (Å²) in [6.07, 6.45) is 3.84. The van der Waals surface area contributed by atoms with Crippen LogP contribution in [0.15, 0.2) is 18.5 Å². The number of aliphatic hydroxyl groups is 1. The monoisotopic (exact) mass is 234 g/mol. The standard InChI is InChI=1S/C13H18N2O2/c1-15(2)6-8-17-13-9-12(10-14-11-13)5-3-4-7-16/h9-11,16H,4,6-8H2,1-2H3. The SMILES string of the molecule is CN(C)CCOc1cncc(C#CCCO)c1. The molecule has 0 saturated carbocycles. The largest absolute Gasteiger partial charge is 0.491 e. The molecule has 0 atom stereocenters. The molecule has 0 amide bonds. The van der Waals surface area contributed by atoms with Gasteiger partial charge in [-0.05, 0) is 20.2 Å². The molecule has 1 aromatic heterocycles. The lowest BCUT2D eigenvalue weighted by atomic mass is 10.2. The first-order chi connectivity index (χ1) is 8.22. The second-order valence-electron chi connectivity index (χ2n) is 3.84. The molecule has 92 valence electrons. The maximum Gasteiger partial charge on any atom is 0.138 e. The predicted octanol–water partition coefficient (Wildman–Crippen LogP) is 0.756. The number of rotatable bonds is 5. The fraction of sp³-hybridized carbons (Fsp3) is 0.462. The van der Waals surface area contributed by atoms with Gasteiger partial charge in [-0.15, -0.1) is 0 Å². The average molecular weight is 234 g/mol. The van der Waals surface area contributed by atoms with Gasteiger partial charge in [0.05, 0.1) is 12.8 Å². The van der Waals surface area contributed by atoms with E-state index in [1.807, 2.05) is 20.2 Å². The zero-order chi connectivity index (χ0) is 12.5. The highest BCUT2D eigenvalue weighted by Gasteiger charge is 1.96. The molecule has 0 aliphatic heterocycles. The first-order valence-corrected chi connectivity index (χ1v) is 5.54. The van der Waals surface area contributed by atoms with E-state index in [-0.39, 0.29) is 6.61 Å². The molecular weight excluding hydrogens is 216 g/mol. The van der Waals surface area contributed by atoms with Gasteiger partial charge in [-0.2, -0.15) is 0 Å². The summed E-state index contributed by atoms with van der Waals surface area (Å²) in [5.41, 5.74) is 0.806. The fourth-order valence-electron chi connectivity index (χ4n) is 1.13. The summed E-state index contributed by atoms with van der Waals surface area (Å²) in [4.78, 5) is 6.11. The van der Waals surface area contributed by atoms with E-state index in [1.165, 1.54) is 0 Å². The molecule has 0 unspecified atom stereocenters. The van der Waals surface area contributed by atoms with Crippen LogP contribution in [-0.2, 0) is 0 Å². The molecule has 0 radical (unpaired) electrons. The Morgan fingerprint density at radius 3 is 2.94 bits per heavy atom. The second-order valence-corrected chi connectivity index (χ2v) is 3.84. The van der Waals surface area contributed by atoms with Crippen molar-refractivity contribution in [2.75, 3.05) is 33.9 Å². The van der Waals surface area contributed by atoms with Crippen LogP contribution in [0, 0.1) is 11.8 Å². The van der Waals surface area contributed by atoms with Crippen molar-refractivity contribution in [2.24, 2.45) is 0 Å². The highest BCUT2D eigenvalue weighted by atomic mass is 16.5. The zero-order valence-corrected chi connectivity index (χ0v) is 10.3. The second kappa shape index (κ2) is 7.66. The normalized spacial score (nSPS) is 9.88. The van der Waals surface area contributed by atoms with Crippen LogP contribution in [0.3, 0.4) is 0 Å². The van der Waals surface area contributed by atoms with Crippen molar-refractivity contribution >= 4 is 0 Å². The number of nitrogens with zero attached hydrogens (tertiary/aromatic N) is 2. The van der Waals surface area contributed by atoms with Crippen molar-refractivity contribution in [3.63, 3.8) is 0 Å². The van der Waals surface area contributed by atoms with Crippen molar-refractivity contribution in [2.45, 2.75) is 6.42 Å². The number of aromatic nitrogens is 1. The Hall–Kier alpha value is -1.57. The van der Waals surface area contributed by atoms with Crippen molar-refractivity contribution in [1.82, 2.24) is 9.88 Å². The van der Waals surface area contributed by atoms with E-state index in [4.69, 9.17) is 9.84 Å². The van der Waals surface area contributed by atoms with E-state index >= 15 is 0 Å². The summed E-state index contributed by atoms with van der Waals surface area (Å²) in [5, 5.41) is 8.62. The third-order valence-corrected chi connectivity index (χ3v) is 1.99. The minimum atomic E-state index is 0.0828. The number of pyridine rings is 1. The molecule has 1 N–H and O–H groups in total. The molecule has 0 saturated heterocycles. The molecule has 0 aliphatic carbocycles. The van der Waals surface area contributed by atoms with Gasteiger partial charge in [0, 0.05) is 24.7 Å². The quantitative estimate of drug-likeness (QED) is 0.764. The summed E-state index contributed by atoms with van der Waals surface area (Å²) < 4.78 is 5.54. The van der Waals surface area contributed by atoms with Crippen LogP contribution in [0.1, 0.15) is 12.0 Å². The first kappa shape index (κ1) is 13.5. The van der Waals surface area contributed by atoms with Crippen molar-refractivity contribution in [1.29, 1.82) is 0 Å². The van der Waals surface area contributed by atoms with E-state index < -0.39 is 0 Å². The summed E-state index contributed by atoms with van der Waals surface area (Å²) in [5.74, 6) is 6.50. The van der Waals surface area contributed by atoms with Gasteiger partial charge in [0.25, 0.3) is 0 Å². The van der Waals surface area contributed by atoms with E-state index in [0.717, 1.165) is 17.9 Å².